The van der Waals surface area contributed by atoms with Crippen LogP contribution in [0.3, 0.4) is 0 Å². The first kappa shape index (κ1) is 16.5. The Bertz CT molecular complexity index is 376. The fraction of sp³-hybridized carbons (Fsp3) is 0.667. The molecule has 1 rings (SSSR count). The maximum Gasteiger partial charge on any atom is 0.0301 e. The van der Waals surface area contributed by atoms with E-state index in [1.165, 1.54) is 43.4 Å². The van der Waals surface area contributed by atoms with Gasteiger partial charge in [0.1, 0.15) is 0 Å². The molecule has 0 aromatic carbocycles. The minimum Gasteiger partial charge on any atom is -0.144 e. The fourth-order valence-electron chi connectivity index (χ4n) is 2.30. The van der Waals surface area contributed by atoms with Gasteiger partial charge < -0.3 is 0 Å². The summed E-state index contributed by atoms with van der Waals surface area (Å²) in [6.45, 7) is 11.6. The Hall–Kier alpha value is -0.560. The average Bonchev–Trinajstić information content (AvgIpc) is 2.85. The molecule has 0 amide bonds. The lowest BCUT2D eigenvalue weighted by atomic mass is 9.82. The van der Waals surface area contributed by atoms with E-state index in [1.54, 1.807) is 11.1 Å². The molecule has 0 unspecified atom stereocenters. The minimum atomic E-state index is 0.280. The van der Waals surface area contributed by atoms with Crippen LogP contribution in [0, 0.1) is 5.41 Å². The molecule has 0 saturated heterocycles. The molecule has 1 aromatic heterocycles. The van der Waals surface area contributed by atoms with Crippen molar-refractivity contribution in [2.75, 3.05) is 0 Å². The summed E-state index contributed by atoms with van der Waals surface area (Å²) in [5.74, 6) is 0. The van der Waals surface area contributed by atoms with E-state index in [9.17, 15) is 0 Å². The molecule has 0 nitrogen and oxygen atoms in total. The van der Waals surface area contributed by atoms with Crippen molar-refractivity contribution < 1.29 is 0 Å². The lowest BCUT2D eigenvalue weighted by Crippen LogP contribution is -2.09. The summed E-state index contributed by atoms with van der Waals surface area (Å²) in [6.07, 6.45) is 8.06. The van der Waals surface area contributed by atoms with E-state index < -0.39 is 0 Å². The van der Waals surface area contributed by atoms with E-state index in [0.717, 1.165) is 0 Å². The predicted molar refractivity (Wildman–Crippen MR) is 89.7 cm³/mol. The van der Waals surface area contributed by atoms with E-state index in [1.807, 2.05) is 11.3 Å². The van der Waals surface area contributed by atoms with Crippen LogP contribution in [-0.4, -0.2) is 0 Å². The van der Waals surface area contributed by atoms with Crippen LogP contribution in [0.4, 0.5) is 0 Å². The number of rotatable bonds is 7. The highest BCUT2D eigenvalue weighted by Crippen LogP contribution is 2.36. The molecule has 108 valence electrons. The van der Waals surface area contributed by atoms with Crippen LogP contribution in [0.1, 0.15) is 78.0 Å². The Morgan fingerprint density at radius 3 is 2.32 bits per heavy atom. The third kappa shape index (κ3) is 5.52. The number of hydrogen-bond acceptors (Lipinski definition) is 1. The van der Waals surface area contributed by atoms with Gasteiger partial charge in [0.2, 0.25) is 0 Å². The molecule has 0 saturated carbocycles. The molecular weight excluding hydrogens is 248 g/mol. The molecule has 0 atom stereocenters. The highest BCUT2D eigenvalue weighted by molar-refractivity contribution is 7.11. The average molecular weight is 279 g/mol. The summed E-state index contributed by atoms with van der Waals surface area (Å²) in [4.78, 5) is 1.47. The minimum absolute atomic E-state index is 0.280. The van der Waals surface area contributed by atoms with Crippen molar-refractivity contribution in [3.63, 3.8) is 0 Å². The molecule has 1 heteroatoms. The van der Waals surface area contributed by atoms with Crippen LogP contribution >= 0.6 is 11.3 Å². The van der Waals surface area contributed by atoms with Crippen molar-refractivity contribution >= 4 is 16.9 Å². The van der Waals surface area contributed by atoms with Crippen molar-refractivity contribution in [2.45, 2.75) is 73.1 Å². The largest absolute Gasteiger partial charge is 0.144 e. The SMILES string of the molecule is CCCCCCC/C(=C(/C)C(C)(C)C)c1cccs1. The van der Waals surface area contributed by atoms with Crippen molar-refractivity contribution in [3.8, 4) is 0 Å². The zero-order valence-corrected chi connectivity index (χ0v) is 14.2. The summed E-state index contributed by atoms with van der Waals surface area (Å²) >= 11 is 1.89. The molecule has 0 aliphatic rings. The van der Waals surface area contributed by atoms with Crippen LogP contribution in [0.5, 0.6) is 0 Å². The van der Waals surface area contributed by atoms with E-state index in [4.69, 9.17) is 0 Å². The molecule has 0 bridgehead atoms. The Labute approximate surface area is 123 Å². The van der Waals surface area contributed by atoms with Gasteiger partial charge in [0.05, 0.1) is 0 Å². The zero-order chi connectivity index (χ0) is 14.3. The molecule has 19 heavy (non-hydrogen) atoms. The van der Waals surface area contributed by atoms with E-state index in [2.05, 4.69) is 52.1 Å². The summed E-state index contributed by atoms with van der Waals surface area (Å²) in [6, 6.07) is 4.45. The number of hydrogen-bond donors (Lipinski definition) is 0. The van der Waals surface area contributed by atoms with E-state index >= 15 is 0 Å². The molecule has 0 N–H and O–H groups in total. The third-order valence-electron chi connectivity index (χ3n) is 3.93. The molecule has 0 fully saturated rings. The van der Waals surface area contributed by atoms with Crippen LogP contribution in [0.2, 0.25) is 0 Å². The second kappa shape index (κ2) is 7.89. The van der Waals surface area contributed by atoms with Gasteiger partial charge in [-0.3, -0.25) is 0 Å². The van der Waals surface area contributed by atoms with Crippen molar-refractivity contribution in [2.24, 2.45) is 5.41 Å². The second-order valence-electron chi connectivity index (χ2n) is 6.50. The normalized spacial score (nSPS) is 13.5. The zero-order valence-electron chi connectivity index (χ0n) is 13.4. The maximum atomic E-state index is 2.33. The van der Waals surface area contributed by atoms with Crippen LogP contribution in [0.25, 0.3) is 5.57 Å². The summed E-state index contributed by atoms with van der Waals surface area (Å²) in [7, 11) is 0. The van der Waals surface area contributed by atoms with E-state index in [0.29, 0.717) is 0 Å². The fourth-order valence-corrected chi connectivity index (χ4v) is 3.16. The van der Waals surface area contributed by atoms with Crippen molar-refractivity contribution in [3.05, 3.63) is 28.0 Å². The number of allylic oxidation sites excluding steroid dienone is 2. The van der Waals surface area contributed by atoms with Gasteiger partial charge in [-0.05, 0) is 42.2 Å². The molecule has 1 aromatic rings. The molecule has 0 aliphatic carbocycles. The first-order valence-electron chi connectivity index (χ1n) is 7.71. The lowest BCUT2D eigenvalue weighted by Gasteiger charge is -2.24. The Balaban J connectivity index is 2.73. The van der Waals surface area contributed by atoms with Gasteiger partial charge in [-0.1, -0.05) is 65.0 Å². The smallest absolute Gasteiger partial charge is 0.0301 e. The van der Waals surface area contributed by atoms with Crippen molar-refractivity contribution in [1.82, 2.24) is 0 Å². The second-order valence-corrected chi connectivity index (χ2v) is 7.44. The quantitative estimate of drug-likeness (QED) is 0.474. The van der Waals surface area contributed by atoms with Gasteiger partial charge in [0.25, 0.3) is 0 Å². The van der Waals surface area contributed by atoms with Gasteiger partial charge >= 0.3 is 0 Å². The van der Waals surface area contributed by atoms with Gasteiger partial charge in [-0.25, -0.2) is 0 Å². The monoisotopic (exact) mass is 278 g/mol. The highest BCUT2D eigenvalue weighted by atomic mass is 32.1. The first-order chi connectivity index (χ1) is 8.96. The van der Waals surface area contributed by atoms with E-state index in [-0.39, 0.29) is 5.41 Å². The van der Waals surface area contributed by atoms with Crippen LogP contribution in [-0.2, 0) is 0 Å². The number of thiophene rings is 1. The van der Waals surface area contributed by atoms with Gasteiger partial charge in [0.15, 0.2) is 0 Å². The lowest BCUT2D eigenvalue weighted by molar-refractivity contribution is 0.503. The molecular formula is C18H30S. The topological polar surface area (TPSA) is 0 Å². The standard InChI is InChI=1S/C18H30S/c1-6-7-8-9-10-12-16(15(2)18(3,4)5)17-13-11-14-19-17/h11,13-14H,6-10,12H2,1-5H3/b16-15+. The van der Waals surface area contributed by atoms with Crippen molar-refractivity contribution in [1.29, 1.82) is 0 Å². The highest BCUT2D eigenvalue weighted by Gasteiger charge is 2.18. The molecule has 0 aliphatic heterocycles. The summed E-state index contributed by atoms with van der Waals surface area (Å²) < 4.78 is 0. The van der Waals surface area contributed by atoms with Crippen LogP contribution < -0.4 is 0 Å². The molecule has 1 heterocycles. The predicted octanol–water partition coefficient (Wildman–Crippen LogP) is 6.93. The summed E-state index contributed by atoms with van der Waals surface area (Å²) in [5, 5.41) is 2.20. The Kier molecular flexibility index (Phi) is 6.85. The first-order valence-corrected chi connectivity index (χ1v) is 8.59. The van der Waals surface area contributed by atoms with Gasteiger partial charge in [-0.2, -0.15) is 0 Å². The van der Waals surface area contributed by atoms with Crippen LogP contribution in [0.15, 0.2) is 23.1 Å². The molecule has 0 spiro atoms. The maximum absolute atomic E-state index is 2.33. The Morgan fingerprint density at radius 1 is 1.11 bits per heavy atom. The van der Waals surface area contributed by atoms with Gasteiger partial charge in [0, 0.05) is 4.88 Å². The van der Waals surface area contributed by atoms with Gasteiger partial charge in [-0.15, -0.1) is 11.3 Å². The third-order valence-corrected chi connectivity index (χ3v) is 4.86. The number of unbranched alkanes of at least 4 members (excludes halogenated alkanes) is 4. The Morgan fingerprint density at radius 2 is 1.79 bits per heavy atom. The molecule has 0 radical (unpaired) electrons. The summed E-state index contributed by atoms with van der Waals surface area (Å²) in [5.41, 5.74) is 3.44.